The second kappa shape index (κ2) is 22.5. The van der Waals surface area contributed by atoms with E-state index in [0.717, 1.165) is 38.5 Å². The van der Waals surface area contributed by atoms with E-state index in [4.69, 9.17) is 9.47 Å². The van der Waals surface area contributed by atoms with Crippen molar-refractivity contribution in [3.63, 3.8) is 0 Å². The minimum atomic E-state index is -0.554. The van der Waals surface area contributed by atoms with Gasteiger partial charge in [-0.3, -0.25) is 0 Å². The first-order chi connectivity index (χ1) is 20.3. The fourth-order valence-electron chi connectivity index (χ4n) is 6.42. The quantitative estimate of drug-likeness (QED) is 0.0658. The zero-order valence-electron chi connectivity index (χ0n) is 26.9. The number of hydrogen-bond acceptors (Lipinski definition) is 7. The van der Waals surface area contributed by atoms with Crippen LogP contribution in [0.5, 0.6) is 0 Å². The second-order valence-corrected chi connectivity index (χ2v) is 13.1. The average Bonchev–Trinajstić information content (AvgIpc) is 3.27. The molecule has 7 heteroatoms. The molecule has 2 rings (SSSR count). The fraction of sp³-hybridized carbons (Fsp3) is 0.914. The zero-order chi connectivity index (χ0) is 30.6. The van der Waals surface area contributed by atoms with Crippen LogP contribution in [0.1, 0.15) is 162 Å². The van der Waals surface area contributed by atoms with Crippen molar-refractivity contribution in [1.82, 2.24) is 0 Å². The van der Waals surface area contributed by atoms with Crippen LogP contribution in [0.4, 0.5) is 0 Å². The van der Waals surface area contributed by atoms with Crippen LogP contribution >= 0.6 is 0 Å². The molecule has 1 fully saturated rings. The molecule has 7 atom stereocenters. The van der Waals surface area contributed by atoms with Crippen LogP contribution in [0.3, 0.4) is 0 Å². The topological polar surface area (TPSA) is 116 Å². The molecule has 2 aliphatic heterocycles. The second-order valence-electron chi connectivity index (χ2n) is 13.1. The summed E-state index contributed by atoms with van der Waals surface area (Å²) < 4.78 is 11.2. The Balaban J connectivity index is 1.47. The third-order valence-electron chi connectivity index (χ3n) is 9.11. The maximum absolute atomic E-state index is 11.7. The van der Waals surface area contributed by atoms with Crippen molar-refractivity contribution in [1.29, 1.82) is 0 Å². The van der Waals surface area contributed by atoms with E-state index < -0.39 is 18.3 Å². The Bertz CT molecular complexity index is 726. The first-order valence-corrected chi connectivity index (χ1v) is 17.6. The number of rotatable bonds is 25. The maximum atomic E-state index is 11.7. The first-order valence-electron chi connectivity index (χ1n) is 17.6. The van der Waals surface area contributed by atoms with Gasteiger partial charge in [-0.15, -0.1) is 0 Å². The molecule has 0 bridgehead atoms. The Morgan fingerprint density at radius 1 is 0.762 bits per heavy atom. The van der Waals surface area contributed by atoms with Gasteiger partial charge in [0.1, 0.15) is 6.10 Å². The lowest BCUT2D eigenvalue weighted by molar-refractivity contribution is -0.155. The molecule has 7 nitrogen and oxygen atoms in total. The number of aliphatic hydroxyl groups excluding tert-OH is 4. The smallest absolute Gasteiger partial charge is 0.334 e. The van der Waals surface area contributed by atoms with E-state index >= 15 is 0 Å². The standard InChI is InChI=1S/C35H64O7/c1-3-4-5-6-7-8-9-10-11-12-16-22-33-32(39)23-24-34(42-33)31(38)21-17-20-29(36)18-14-13-15-19-30(37)26-28-25-27(2)41-35(28)40/h25,27,29-34,36-39H,3-24,26H2,1-2H3. The van der Waals surface area contributed by atoms with Crippen molar-refractivity contribution < 1.29 is 34.7 Å². The van der Waals surface area contributed by atoms with Crippen LogP contribution in [0.25, 0.3) is 0 Å². The molecule has 1 saturated heterocycles. The predicted octanol–water partition coefficient (Wildman–Crippen LogP) is 7.06. The summed E-state index contributed by atoms with van der Waals surface area (Å²) in [5, 5.41) is 41.8. The Kier molecular flexibility index (Phi) is 19.9. The summed E-state index contributed by atoms with van der Waals surface area (Å²) in [4.78, 5) is 11.7. The number of ether oxygens (including phenoxy) is 2. The van der Waals surface area contributed by atoms with E-state index in [1.54, 1.807) is 6.08 Å². The molecule has 2 heterocycles. The van der Waals surface area contributed by atoms with Gasteiger partial charge in [0.05, 0.1) is 36.6 Å². The third-order valence-corrected chi connectivity index (χ3v) is 9.11. The van der Waals surface area contributed by atoms with Crippen molar-refractivity contribution in [2.45, 2.75) is 204 Å². The minimum Gasteiger partial charge on any atom is -0.455 e. The molecule has 0 radical (unpaired) electrons. The lowest BCUT2D eigenvalue weighted by Crippen LogP contribution is -2.43. The van der Waals surface area contributed by atoms with E-state index in [2.05, 4.69) is 6.92 Å². The molecule has 246 valence electrons. The summed E-state index contributed by atoms with van der Waals surface area (Å²) in [6, 6.07) is 0. The summed E-state index contributed by atoms with van der Waals surface area (Å²) in [5.41, 5.74) is 0.572. The molecule has 0 aromatic rings. The molecule has 42 heavy (non-hydrogen) atoms. The van der Waals surface area contributed by atoms with E-state index in [1.807, 2.05) is 6.92 Å². The Hall–Kier alpha value is -0.990. The lowest BCUT2D eigenvalue weighted by atomic mass is 9.92. The van der Waals surface area contributed by atoms with E-state index in [0.29, 0.717) is 50.5 Å². The summed E-state index contributed by atoms with van der Waals surface area (Å²) >= 11 is 0. The molecule has 0 amide bonds. The highest BCUT2D eigenvalue weighted by molar-refractivity contribution is 5.90. The molecule has 0 aliphatic carbocycles. The Labute approximate surface area is 256 Å². The summed E-state index contributed by atoms with van der Waals surface area (Å²) in [6.45, 7) is 4.07. The van der Waals surface area contributed by atoms with Crippen LogP contribution < -0.4 is 0 Å². The van der Waals surface area contributed by atoms with Crippen LogP contribution in [-0.2, 0) is 14.3 Å². The normalized spacial score (nSPS) is 24.8. The van der Waals surface area contributed by atoms with Crippen molar-refractivity contribution >= 4 is 5.97 Å². The van der Waals surface area contributed by atoms with Gasteiger partial charge in [0.25, 0.3) is 0 Å². The number of carbonyl (C=O) groups excluding carboxylic acids is 1. The van der Waals surface area contributed by atoms with Gasteiger partial charge >= 0.3 is 5.97 Å². The summed E-state index contributed by atoms with van der Waals surface area (Å²) in [7, 11) is 0. The largest absolute Gasteiger partial charge is 0.455 e. The van der Waals surface area contributed by atoms with Crippen molar-refractivity contribution in [2.75, 3.05) is 0 Å². The first kappa shape index (κ1) is 37.2. The van der Waals surface area contributed by atoms with E-state index in [1.165, 1.54) is 64.2 Å². The van der Waals surface area contributed by atoms with Crippen LogP contribution in [-0.4, -0.2) is 69.1 Å². The number of hydrogen-bond donors (Lipinski definition) is 4. The van der Waals surface area contributed by atoms with Gasteiger partial charge in [-0.25, -0.2) is 4.79 Å². The van der Waals surface area contributed by atoms with Gasteiger partial charge in [0, 0.05) is 12.0 Å². The summed E-state index contributed by atoms with van der Waals surface area (Å²) in [6.07, 6.45) is 22.2. The molecule has 2 aliphatic rings. The third kappa shape index (κ3) is 16.2. The summed E-state index contributed by atoms with van der Waals surface area (Å²) in [5.74, 6) is -0.318. The van der Waals surface area contributed by atoms with Gasteiger partial charge < -0.3 is 29.9 Å². The molecule has 4 N–H and O–H groups in total. The van der Waals surface area contributed by atoms with Gasteiger partial charge in [-0.2, -0.15) is 0 Å². The SMILES string of the molecule is CCCCCCCCCCCCCC1OC(C(O)CCCC(O)CCCCCC(O)CC2=CC(C)OC2=O)CCC1O. The minimum absolute atomic E-state index is 0.173. The average molecular weight is 597 g/mol. The monoisotopic (exact) mass is 596 g/mol. The molecular formula is C35H64O7. The number of aliphatic hydroxyl groups is 4. The van der Waals surface area contributed by atoms with Gasteiger partial charge in [-0.05, 0) is 64.4 Å². The molecule has 0 aromatic carbocycles. The highest BCUT2D eigenvalue weighted by atomic mass is 16.5. The Morgan fingerprint density at radius 3 is 1.95 bits per heavy atom. The highest BCUT2D eigenvalue weighted by Crippen LogP contribution is 2.28. The maximum Gasteiger partial charge on any atom is 0.334 e. The van der Waals surface area contributed by atoms with Gasteiger partial charge in [-0.1, -0.05) is 96.8 Å². The molecule has 0 spiro atoms. The molecule has 0 saturated carbocycles. The zero-order valence-corrected chi connectivity index (χ0v) is 26.9. The molecule has 7 unspecified atom stereocenters. The van der Waals surface area contributed by atoms with E-state index in [9.17, 15) is 25.2 Å². The lowest BCUT2D eigenvalue weighted by Gasteiger charge is -2.36. The van der Waals surface area contributed by atoms with Crippen molar-refractivity contribution in [2.24, 2.45) is 0 Å². The van der Waals surface area contributed by atoms with Gasteiger partial charge in [0.15, 0.2) is 0 Å². The van der Waals surface area contributed by atoms with Crippen molar-refractivity contribution in [3.05, 3.63) is 11.6 Å². The molecular weight excluding hydrogens is 532 g/mol. The predicted molar refractivity (Wildman–Crippen MR) is 168 cm³/mol. The number of cyclic esters (lactones) is 1. The molecule has 0 aromatic heterocycles. The van der Waals surface area contributed by atoms with Crippen LogP contribution in [0.2, 0.25) is 0 Å². The fourth-order valence-corrected chi connectivity index (χ4v) is 6.42. The van der Waals surface area contributed by atoms with Gasteiger partial charge in [0.2, 0.25) is 0 Å². The number of esters is 1. The van der Waals surface area contributed by atoms with Crippen LogP contribution in [0, 0.1) is 0 Å². The Morgan fingerprint density at radius 2 is 1.33 bits per heavy atom. The number of unbranched alkanes of at least 4 members (excludes halogenated alkanes) is 12. The van der Waals surface area contributed by atoms with Crippen LogP contribution in [0.15, 0.2) is 11.6 Å². The van der Waals surface area contributed by atoms with Crippen molar-refractivity contribution in [3.8, 4) is 0 Å². The number of carbonyl (C=O) groups is 1. The highest BCUT2D eigenvalue weighted by Gasteiger charge is 2.33. The van der Waals surface area contributed by atoms with E-state index in [-0.39, 0.29) is 30.4 Å².